The second-order valence-corrected chi connectivity index (χ2v) is 7.73. The van der Waals surface area contributed by atoms with Gasteiger partial charge in [0.2, 0.25) is 5.75 Å². The Kier molecular flexibility index (Phi) is 4.58. The smallest absolute Gasteiger partial charge is 0.305 e. The molecule has 1 N–H and O–H groups in total. The minimum absolute atomic E-state index is 0.0895. The first kappa shape index (κ1) is 18.6. The van der Waals surface area contributed by atoms with Gasteiger partial charge in [-0.1, -0.05) is 60.7 Å². The molecule has 2 heterocycles. The van der Waals surface area contributed by atoms with Gasteiger partial charge in [0.1, 0.15) is 0 Å². The first-order chi connectivity index (χ1) is 14.7. The number of carbonyl (C=O) groups excluding carboxylic acids is 1. The largest absolute Gasteiger partial charge is 0.504 e. The number of phenols is 1. The maximum absolute atomic E-state index is 13.0. The van der Waals surface area contributed by atoms with Gasteiger partial charge < -0.3 is 19.5 Å². The fourth-order valence-corrected chi connectivity index (χ4v) is 4.21. The van der Waals surface area contributed by atoms with Crippen molar-refractivity contribution in [3.8, 4) is 17.2 Å². The number of fused-ring (bicyclic) bond motifs is 1. The van der Waals surface area contributed by atoms with E-state index in [1.54, 1.807) is 6.07 Å². The number of likely N-dealkylation sites (tertiary alicyclic amines) is 1. The molecule has 0 aromatic heterocycles. The quantitative estimate of drug-likeness (QED) is 0.692. The number of carbonyl (C=O) groups is 1. The highest BCUT2D eigenvalue weighted by Crippen LogP contribution is 2.52. The van der Waals surface area contributed by atoms with Gasteiger partial charge in [0.15, 0.2) is 11.5 Å². The number of benzene rings is 3. The maximum atomic E-state index is 13.0. The standard InChI is InChI=1S/C25H23NO4/c27-21-16-18(24(28)26-14-8-3-9-15-26)17-22-23(21)30-25(29-22,19-10-4-1-5-11-19)20-12-6-2-7-13-20/h1-2,4-7,10-13,16-17,27H,3,8-9,14-15H2. The monoisotopic (exact) mass is 401 g/mol. The summed E-state index contributed by atoms with van der Waals surface area (Å²) in [5.74, 6) is -0.800. The van der Waals surface area contributed by atoms with Crippen molar-refractivity contribution in [1.82, 2.24) is 4.90 Å². The number of piperidine rings is 1. The van der Waals surface area contributed by atoms with Crippen LogP contribution in [0.25, 0.3) is 0 Å². The topological polar surface area (TPSA) is 59.0 Å². The van der Waals surface area contributed by atoms with Gasteiger partial charge in [0, 0.05) is 29.8 Å². The molecule has 2 aliphatic rings. The summed E-state index contributed by atoms with van der Waals surface area (Å²) in [4.78, 5) is 14.8. The van der Waals surface area contributed by atoms with E-state index in [9.17, 15) is 9.90 Å². The van der Waals surface area contributed by atoms with Crippen molar-refractivity contribution in [2.45, 2.75) is 25.0 Å². The number of ether oxygens (including phenoxy) is 2. The number of nitrogens with zero attached hydrogens (tertiary/aromatic N) is 1. The van der Waals surface area contributed by atoms with Gasteiger partial charge in [-0.2, -0.15) is 0 Å². The second-order valence-electron chi connectivity index (χ2n) is 7.73. The SMILES string of the molecule is O=C(c1cc(O)c2c(c1)OC(c1ccccc1)(c1ccccc1)O2)N1CCCCC1. The van der Waals surface area contributed by atoms with E-state index in [2.05, 4.69) is 0 Å². The molecule has 1 amide bonds. The zero-order chi connectivity index (χ0) is 20.6. The van der Waals surface area contributed by atoms with Crippen LogP contribution in [0.4, 0.5) is 0 Å². The lowest BCUT2D eigenvalue weighted by Gasteiger charge is -2.28. The molecule has 1 saturated heterocycles. The van der Waals surface area contributed by atoms with Crippen molar-refractivity contribution >= 4 is 5.91 Å². The Morgan fingerprint density at radius 3 is 2.03 bits per heavy atom. The molecule has 5 heteroatoms. The second kappa shape index (κ2) is 7.41. The molecule has 0 atom stereocenters. The molecular weight excluding hydrogens is 378 g/mol. The van der Waals surface area contributed by atoms with Crippen LogP contribution in [0.5, 0.6) is 17.2 Å². The van der Waals surface area contributed by atoms with Crippen molar-refractivity contribution in [3.05, 3.63) is 89.5 Å². The van der Waals surface area contributed by atoms with E-state index in [4.69, 9.17) is 9.47 Å². The molecule has 0 bridgehead atoms. The highest BCUT2D eigenvalue weighted by Gasteiger charge is 2.47. The van der Waals surface area contributed by atoms with E-state index in [1.807, 2.05) is 65.6 Å². The zero-order valence-electron chi connectivity index (χ0n) is 16.6. The molecule has 30 heavy (non-hydrogen) atoms. The molecule has 152 valence electrons. The summed E-state index contributed by atoms with van der Waals surface area (Å²) < 4.78 is 12.7. The minimum atomic E-state index is -1.23. The Labute approximate surface area is 175 Å². The van der Waals surface area contributed by atoms with Gasteiger partial charge >= 0.3 is 5.79 Å². The van der Waals surface area contributed by atoms with Crippen molar-refractivity contribution in [2.24, 2.45) is 0 Å². The average molecular weight is 401 g/mol. The number of hydrogen-bond acceptors (Lipinski definition) is 4. The Morgan fingerprint density at radius 1 is 0.833 bits per heavy atom. The number of hydrogen-bond donors (Lipinski definition) is 1. The number of phenolic OH excluding ortho intramolecular Hbond substituents is 1. The van der Waals surface area contributed by atoms with Gasteiger partial charge in [-0.05, 0) is 31.4 Å². The lowest BCUT2D eigenvalue weighted by Crippen LogP contribution is -2.36. The van der Waals surface area contributed by atoms with Gasteiger partial charge in [0.25, 0.3) is 5.91 Å². The highest BCUT2D eigenvalue weighted by atomic mass is 16.7. The summed E-state index contributed by atoms with van der Waals surface area (Å²) >= 11 is 0. The summed E-state index contributed by atoms with van der Waals surface area (Å²) in [5, 5.41) is 10.7. The van der Waals surface area contributed by atoms with E-state index in [-0.39, 0.29) is 17.4 Å². The number of rotatable bonds is 3. The van der Waals surface area contributed by atoms with Crippen LogP contribution in [0.15, 0.2) is 72.8 Å². The third-order valence-electron chi connectivity index (χ3n) is 5.73. The molecule has 5 rings (SSSR count). The Hall–Kier alpha value is -3.47. The van der Waals surface area contributed by atoms with E-state index in [1.165, 1.54) is 6.07 Å². The van der Waals surface area contributed by atoms with Crippen molar-refractivity contribution in [1.29, 1.82) is 0 Å². The van der Waals surface area contributed by atoms with E-state index < -0.39 is 5.79 Å². The van der Waals surface area contributed by atoms with Crippen LogP contribution < -0.4 is 9.47 Å². The summed E-state index contributed by atoms with van der Waals surface area (Å²) in [7, 11) is 0. The van der Waals surface area contributed by atoms with Gasteiger partial charge in [-0.15, -0.1) is 0 Å². The van der Waals surface area contributed by atoms with Gasteiger partial charge in [-0.3, -0.25) is 4.79 Å². The molecule has 2 aliphatic heterocycles. The fourth-order valence-electron chi connectivity index (χ4n) is 4.21. The van der Waals surface area contributed by atoms with Crippen LogP contribution in [0.3, 0.4) is 0 Å². The summed E-state index contributed by atoms with van der Waals surface area (Å²) in [6.45, 7) is 1.48. The van der Waals surface area contributed by atoms with E-state index in [0.717, 1.165) is 43.5 Å². The molecular formula is C25H23NO4. The summed E-state index contributed by atoms with van der Waals surface area (Å²) in [5.41, 5.74) is 2.01. The molecule has 0 aliphatic carbocycles. The molecule has 0 unspecified atom stereocenters. The van der Waals surface area contributed by atoms with E-state index in [0.29, 0.717) is 11.3 Å². The highest BCUT2D eigenvalue weighted by molar-refractivity contribution is 5.95. The van der Waals surface area contributed by atoms with Crippen molar-refractivity contribution in [3.63, 3.8) is 0 Å². The Bertz CT molecular complexity index is 1020. The fraction of sp³-hybridized carbons (Fsp3) is 0.240. The molecule has 1 fully saturated rings. The average Bonchev–Trinajstić information content (AvgIpc) is 3.22. The summed E-state index contributed by atoms with van der Waals surface area (Å²) in [6.07, 6.45) is 3.16. The first-order valence-electron chi connectivity index (χ1n) is 10.3. The molecule has 5 nitrogen and oxygen atoms in total. The normalized spacial score (nSPS) is 17.0. The van der Waals surface area contributed by atoms with Crippen LogP contribution >= 0.6 is 0 Å². The Morgan fingerprint density at radius 2 is 1.43 bits per heavy atom. The predicted molar refractivity (Wildman–Crippen MR) is 113 cm³/mol. The molecule has 0 radical (unpaired) electrons. The lowest BCUT2D eigenvalue weighted by molar-refractivity contribution is -0.0467. The lowest BCUT2D eigenvalue weighted by atomic mass is 9.97. The predicted octanol–water partition coefficient (Wildman–Crippen LogP) is 4.69. The van der Waals surface area contributed by atoms with Gasteiger partial charge in [-0.25, -0.2) is 0 Å². The van der Waals surface area contributed by atoms with Crippen molar-refractivity contribution < 1.29 is 19.4 Å². The molecule has 3 aromatic carbocycles. The van der Waals surface area contributed by atoms with Crippen LogP contribution in [0.2, 0.25) is 0 Å². The Balaban J connectivity index is 1.56. The van der Waals surface area contributed by atoms with Crippen molar-refractivity contribution in [2.75, 3.05) is 13.1 Å². The van der Waals surface area contributed by atoms with Crippen LogP contribution in [0, 0.1) is 0 Å². The van der Waals surface area contributed by atoms with Crippen LogP contribution in [0.1, 0.15) is 40.7 Å². The van der Waals surface area contributed by atoms with Gasteiger partial charge in [0.05, 0.1) is 0 Å². The van der Waals surface area contributed by atoms with E-state index >= 15 is 0 Å². The van der Waals surface area contributed by atoms with Crippen LogP contribution in [-0.4, -0.2) is 29.0 Å². The molecule has 0 saturated carbocycles. The third-order valence-corrected chi connectivity index (χ3v) is 5.73. The number of amides is 1. The summed E-state index contributed by atoms with van der Waals surface area (Å²) in [6, 6.07) is 22.4. The third kappa shape index (κ3) is 3.07. The molecule has 0 spiro atoms. The molecule has 3 aromatic rings. The van der Waals surface area contributed by atoms with Crippen LogP contribution in [-0.2, 0) is 5.79 Å². The maximum Gasteiger partial charge on any atom is 0.305 e. The minimum Gasteiger partial charge on any atom is -0.504 e. The first-order valence-corrected chi connectivity index (χ1v) is 10.3. The zero-order valence-corrected chi connectivity index (χ0v) is 16.6. The number of aromatic hydroxyl groups is 1.